The summed E-state index contributed by atoms with van der Waals surface area (Å²) in [5, 5.41) is 16.1. The van der Waals surface area contributed by atoms with Crippen LogP contribution >= 0.6 is 0 Å². The zero-order valence-corrected chi connectivity index (χ0v) is 16.3. The van der Waals surface area contributed by atoms with Gasteiger partial charge in [0.05, 0.1) is 11.1 Å². The van der Waals surface area contributed by atoms with Gasteiger partial charge in [0, 0.05) is 18.5 Å². The molecule has 1 aromatic heterocycles. The fourth-order valence-electron chi connectivity index (χ4n) is 3.82. The van der Waals surface area contributed by atoms with Crippen LogP contribution in [0.5, 0.6) is 0 Å². The number of carbonyl (C=O) groups excluding carboxylic acids is 2. The van der Waals surface area contributed by atoms with Crippen molar-refractivity contribution < 1.29 is 18.4 Å². The predicted octanol–water partition coefficient (Wildman–Crippen LogP) is 1.73. The van der Waals surface area contributed by atoms with Crippen LogP contribution < -0.4 is 10.2 Å². The SMILES string of the molecule is CC1(C)C(=O)N(CC(=O)NCCCc2nn[nH]n2)c2c(F)cc(C3CC3)c(F)c21. The fraction of sp³-hybridized carbons (Fsp3) is 0.526. The molecule has 0 unspecified atom stereocenters. The molecule has 1 saturated carbocycles. The zero-order chi connectivity index (χ0) is 20.8. The normalized spacial score (nSPS) is 17.5. The maximum Gasteiger partial charge on any atom is 0.240 e. The highest BCUT2D eigenvalue weighted by atomic mass is 19.1. The number of hydrogen-bond donors (Lipinski definition) is 2. The van der Waals surface area contributed by atoms with Crippen LogP contribution in [0, 0.1) is 11.6 Å². The highest BCUT2D eigenvalue weighted by molar-refractivity contribution is 6.10. The van der Waals surface area contributed by atoms with Crippen molar-refractivity contribution in [2.75, 3.05) is 18.0 Å². The van der Waals surface area contributed by atoms with Crippen LogP contribution in [0.15, 0.2) is 6.07 Å². The van der Waals surface area contributed by atoms with Crippen molar-refractivity contribution in [2.24, 2.45) is 0 Å². The van der Waals surface area contributed by atoms with Crippen LogP contribution in [0.25, 0.3) is 0 Å². The number of amides is 2. The first-order valence-electron chi connectivity index (χ1n) is 9.64. The van der Waals surface area contributed by atoms with E-state index in [2.05, 4.69) is 25.9 Å². The molecule has 10 heteroatoms. The molecular weight excluding hydrogens is 382 g/mol. The lowest BCUT2D eigenvalue weighted by atomic mass is 9.84. The predicted molar refractivity (Wildman–Crippen MR) is 99.2 cm³/mol. The molecule has 2 heterocycles. The second-order valence-corrected chi connectivity index (χ2v) is 8.06. The van der Waals surface area contributed by atoms with E-state index in [1.54, 1.807) is 13.8 Å². The lowest BCUT2D eigenvalue weighted by molar-refractivity contribution is -0.125. The van der Waals surface area contributed by atoms with Gasteiger partial charge in [-0.2, -0.15) is 5.21 Å². The van der Waals surface area contributed by atoms with Gasteiger partial charge in [0.15, 0.2) is 5.82 Å². The molecule has 1 aromatic carbocycles. The molecular formula is C19H22F2N6O2. The van der Waals surface area contributed by atoms with Gasteiger partial charge in [0.25, 0.3) is 0 Å². The van der Waals surface area contributed by atoms with Crippen molar-refractivity contribution in [2.45, 2.75) is 50.9 Å². The molecule has 2 amide bonds. The molecule has 0 spiro atoms. The fourth-order valence-corrected chi connectivity index (χ4v) is 3.82. The largest absolute Gasteiger partial charge is 0.355 e. The van der Waals surface area contributed by atoms with Crippen LogP contribution in [0.1, 0.15) is 56.0 Å². The van der Waals surface area contributed by atoms with Crippen LogP contribution in [-0.2, 0) is 21.4 Å². The van der Waals surface area contributed by atoms with Crippen molar-refractivity contribution >= 4 is 17.5 Å². The minimum absolute atomic E-state index is 0.0113. The topological polar surface area (TPSA) is 104 Å². The first kappa shape index (κ1) is 19.4. The Morgan fingerprint density at radius 3 is 2.79 bits per heavy atom. The molecule has 2 aromatic rings. The van der Waals surface area contributed by atoms with Gasteiger partial charge in [-0.15, -0.1) is 10.2 Å². The monoisotopic (exact) mass is 404 g/mol. The number of tetrazole rings is 1. The minimum Gasteiger partial charge on any atom is -0.355 e. The number of hydrogen-bond acceptors (Lipinski definition) is 5. The van der Waals surface area contributed by atoms with Crippen molar-refractivity contribution in [1.82, 2.24) is 25.9 Å². The Kier molecular flexibility index (Phi) is 4.79. The first-order valence-corrected chi connectivity index (χ1v) is 9.64. The molecule has 1 aliphatic carbocycles. The van der Waals surface area contributed by atoms with E-state index in [4.69, 9.17) is 0 Å². The zero-order valence-electron chi connectivity index (χ0n) is 16.3. The number of aromatic amines is 1. The van der Waals surface area contributed by atoms with Gasteiger partial charge in [0.1, 0.15) is 18.2 Å². The summed E-state index contributed by atoms with van der Waals surface area (Å²) in [6.07, 6.45) is 2.74. The standard InChI is InChI=1S/C19H22F2N6O2/c1-19(2)15-16(21)11(10-5-6-10)8-12(20)17(15)27(18(19)29)9-14(28)22-7-3-4-13-23-25-26-24-13/h8,10H,3-7,9H2,1-2H3,(H,22,28)(H,23,24,25,26). The van der Waals surface area contributed by atoms with Gasteiger partial charge in [-0.25, -0.2) is 8.78 Å². The summed E-state index contributed by atoms with van der Waals surface area (Å²) >= 11 is 0. The van der Waals surface area contributed by atoms with Gasteiger partial charge in [0.2, 0.25) is 11.8 Å². The van der Waals surface area contributed by atoms with Crippen molar-refractivity contribution in [3.63, 3.8) is 0 Å². The van der Waals surface area contributed by atoms with E-state index in [0.29, 0.717) is 30.8 Å². The minimum atomic E-state index is -1.23. The summed E-state index contributed by atoms with van der Waals surface area (Å²) in [7, 11) is 0. The van der Waals surface area contributed by atoms with Crippen molar-refractivity contribution in [3.05, 3.63) is 34.7 Å². The Balaban J connectivity index is 1.48. The van der Waals surface area contributed by atoms with E-state index in [9.17, 15) is 14.0 Å². The van der Waals surface area contributed by atoms with Gasteiger partial charge < -0.3 is 5.32 Å². The van der Waals surface area contributed by atoms with E-state index < -0.39 is 28.9 Å². The molecule has 0 radical (unpaired) electrons. The van der Waals surface area contributed by atoms with Crippen molar-refractivity contribution in [1.29, 1.82) is 0 Å². The lowest BCUT2D eigenvalue weighted by Crippen LogP contribution is -2.43. The number of fused-ring (bicyclic) bond motifs is 1. The third-order valence-corrected chi connectivity index (χ3v) is 5.50. The molecule has 0 atom stereocenters. The molecule has 2 aliphatic rings. The molecule has 154 valence electrons. The smallest absolute Gasteiger partial charge is 0.240 e. The highest BCUT2D eigenvalue weighted by Crippen LogP contribution is 2.50. The van der Waals surface area contributed by atoms with Gasteiger partial charge in [-0.1, -0.05) is 5.21 Å². The lowest BCUT2D eigenvalue weighted by Gasteiger charge is -2.20. The molecule has 29 heavy (non-hydrogen) atoms. The maximum absolute atomic E-state index is 15.1. The Morgan fingerprint density at radius 1 is 1.38 bits per heavy atom. The molecule has 1 aliphatic heterocycles. The van der Waals surface area contributed by atoms with Crippen molar-refractivity contribution in [3.8, 4) is 0 Å². The van der Waals surface area contributed by atoms with E-state index in [1.165, 1.54) is 6.07 Å². The van der Waals surface area contributed by atoms with Crippen LogP contribution in [0.4, 0.5) is 14.5 Å². The molecule has 0 bridgehead atoms. The van der Waals surface area contributed by atoms with Crippen LogP contribution in [0.2, 0.25) is 0 Å². The number of benzene rings is 1. The molecule has 1 fully saturated rings. The highest BCUT2D eigenvalue weighted by Gasteiger charge is 2.49. The Morgan fingerprint density at radius 2 is 2.14 bits per heavy atom. The summed E-state index contributed by atoms with van der Waals surface area (Å²) in [4.78, 5) is 26.3. The number of nitrogens with zero attached hydrogens (tertiary/aromatic N) is 4. The molecule has 2 N–H and O–H groups in total. The first-order chi connectivity index (χ1) is 13.8. The summed E-state index contributed by atoms with van der Waals surface area (Å²) in [5.74, 6) is -1.57. The Labute approximate surface area is 166 Å². The maximum atomic E-state index is 15.1. The van der Waals surface area contributed by atoms with E-state index in [-0.39, 0.29) is 23.7 Å². The number of aryl methyl sites for hydroxylation is 1. The molecule has 8 nitrogen and oxygen atoms in total. The molecule has 4 rings (SSSR count). The molecule has 0 saturated heterocycles. The summed E-state index contributed by atoms with van der Waals surface area (Å²) in [6, 6.07) is 1.18. The van der Waals surface area contributed by atoms with Gasteiger partial charge in [-0.05, 0) is 50.7 Å². The number of nitrogens with one attached hydrogen (secondary N) is 2. The van der Waals surface area contributed by atoms with E-state index >= 15 is 4.39 Å². The second kappa shape index (κ2) is 7.16. The average molecular weight is 404 g/mol. The third kappa shape index (κ3) is 3.47. The average Bonchev–Trinajstić information content (AvgIpc) is 3.34. The number of halogens is 2. The third-order valence-electron chi connectivity index (χ3n) is 5.50. The second-order valence-electron chi connectivity index (χ2n) is 8.06. The number of aromatic nitrogens is 4. The number of anilines is 1. The number of H-pyrrole nitrogens is 1. The quantitative estimate of drug-likeness (QED) is 0.684. The van der Waals surface area contributed by atoms with E-state index in [1.807, 2.05) is 0 Å². The summed E-state index contributed by atoms with van der Waals surface area (Å²) in [6.45, 7) is 3.10. The summed E-state index contributed by atoms with van der Waals surface area (Å²) < 4.78 is 30.0. The van der Waals surface area contributed by atoms with Crippen LogP contribution in [0.3, 0.4) is 0 Å². The Hall–Kier alpha value is -2.91. The van der Waals surface area contributed by atoms with Gasteiger partial charge in [-0.3, -0.25) is 14.5 Å². The number of rotatable bonds is 7. The number of carbonyl (C=O) groups is 2. The summed E-state index contributed by atoms with van der Waals surface area (Å²) in [5.41, 5.74) is -0.975. The Bertz CT molecular complexity index is 956. The van der Waals surface area contributed by atoms with Gasteiger partial charge >= 0.3 is 0 Å². The van der Waals surface area contributed by atoms with Crippen LogP contribution in [-0.4, -0.2) is 45.5 Å². The van der Waals surface area contributed by atoms with E-state index in [0.717, 1.165) is 17.7 Å².